The minimum atomic E-state index is 0.0522. The number of nitrogens with zero attached hydrogens (tertiary/aromatic N) is 1. The van der Waals surface area contributed by atoms with Crippen molar-refractivity contribution in [3.8, 4) is 0 Å². The van der Waals surface area contributed by atoms with Crippen molar-refractivity contribution in [3.63, 3.8) is 0 Å². The van der Waals surface area contributed by atoms with Crippen LogP contribution in [0.15, 0.2) is 53.7 Å². The van der Waals surface area contributed by atoms with Gasteiger partial charge in [0.1, 0.15) is 0 Å². The largest absolute Gasteiger partial charge is 0.392 e. The molecule has 0 atom stereocenters. The highest BCUT2D eigenvalue weighted by Crippen LogP contribution is 2.20. The van der Waals surface area contributed by atoms with Crippen LogP contribution >= 0.6 is 11.8 Å². The first-order valence-electron chi connectivity index (χ1n) is 5.11. The number of hydrogen-bond donors (Lipinski definition) is 1. The molecule has 0 bridgehead atoms. The topological polar surface area (TPSA) is 33.1 Å². The molecule has 3 heteroatoms. The maximum atomic E-state index is 8.89. The highest BCUT2D eigenvalue weighted by molar-refractivity contribution is 7.98. The third-order valence-corrected chi connectivity index (χ3v) is 3.22. The molecule has 0 radical (unpaired) electrons. The van der Waals surface area contributed by atoms with Crippen LogP contribution in [0.3, 0.4) is 0 Å². The molecule has 0 aliphatic rings. The molecule has 1 N–H and O–H groups in total. The van der Waals surface area contributed by atoms with E-state index >= 15 is 0 Å². The van der Waals surface area contributed by atoms with Crippen LogP contribution in [0.4, 0.5) is 0 Å². The summed E-state index contributed by atoms with van der Waals surface area (Å²) in [4.78, 5) is 4.27. The van der Waals surface area contributed by atoms with Crippen LogP contribution in [0.1, 0.15) is 11.1 Å². The van der Waals surface area contributed by atoms with Gasteiger partial charge in [0.25, 0.3) is 0 Å². The summed E-state index contributed by atoms with van der Waals surface area (Å²) in [5, 5.41) is 9.88. The molecule has 2 rings (SSSR count). The second-order valence-corrected chi connectivity index (χ2v) is 4.43. The van der Waals surface area contributed by atoms with Gasteiger partial charge in [-0.2, -0.15) is 0 Å². The van der Waals surface area contributed by atoms with Gasteiger partial charge in [0.2, 0.25) is 0 Å². The zero-order valence-corrected chi connectivity index (χ0v) is 9.65. The van der Waals surface area contributed by atoms with Crippen molar-refractivity contribution in [2.45, 2.75) is 17.4 Å². The number of thioether (sulfide) groups is 1. The Labute approximate surface area is 99.4 Å². The van der Waals surface area contributed by atoms with Crippen molar-refractivity contribution >= 4 is 11.8 Å². The van der Waals surface area contributed by atoms with Crippen molar-refractivity contribution in [1.82, 2.24) is 4.98 Å². The quantitative estimate of drug-likeness (QED) is 0.821. The highest BCUT2D eigenvalue weighted by atomic mass is 32.2. The van der Waals surface area contributed by atoms with Gasteiger partial charge in [-0.1, -0.05) is 36.4 Å². The van der Waals surface area contributed by atoms with Crippen LogP contribution in [-0.4, -0.2) is 10.1 Å². The average Bonchev–Trinajstić information content (AvgIpc) is 2.38. The van der Waals surface area contributed by atoms with Crippen molar-refractivity contribution < 1.29 is 5.11 Å². The number of hydrogen-bond acceptors (Lipinski definition) is 3. The first-order valence-corrected chi connectivity index (χ1v) is 6.09. The number of benzene rings is 1. The van der Waals surface area contributed by atoms with Crippen molar-refractivity contribution in [2.24, 2.45) is 0 Å². The van der Waals surface area contributed by atoms with E-state index < -0.39 is 0 Å². The van der Waals surface area contributed by atoms with Gasteiger partial charge < -0.3 is 5.11 Å². The van der Waals surface area contributed by atoms with E-state index in [9.17, 15) is 0 Å². The Morgan fingerprint density at radius 3 is 2.44 bits per heavy atom. The van der Waals surface area contributed by atoms with Gasteiger partial charge in [-0.25, -0.2) is 4.98 Å². The highest BCUT2D eigenvalue weighted by Gasteiger charge is 1.97. The molecular weight excluding hydrogens is 218 g/mol. The van der Waals surface area contributed by atoms with Crippen LogP contribution in [0.25, 0.3) is 0 Å². The zero-order valence-electron chi connectivity index (χ0n) is 8.84. The molecular formula is C13H13NOS. The van der Waals surface area contributed by atoms with E-state index in [0.29, 0.717) is 0 Å². The fourth-order valence-electron chi connectivity index (χ4n) is 1.32. The van der Waals surface area contributed by atoms with Gasteiger partial charge >= 0.3 is 0 Å². The van der Waals surface area contributed by atoms with E-state index in [-0.39, 0.29) is 6.61 Å². The van der Waals surface area contributed by atoms with E-state index in [0.717, 1.165) is 16.3 Å². The van der Waals surface area contributed by atoms with Gasteiger partial charge in [-0.3, -0.25) is 0 Å². The molecule has 0 fully saturated rings. The standard InChI is InChI=1S/C13H13NOS/c15-9-12-6-7-13(14-8-12)16-10-11-4-2-1-3-5-11/h1-8,15H,9-10H2. The Kier molecular flexibility index (Phi) is 3.97. The second kappa shape index (κ2) is 5.68. The third kappa shape index (κ3) is 3.08. The van der Waals surface area contributed by atoms with Gasteiger partial charge in [0.15, 0.2) is 0 Å². The lowest BCUT2D eigenvalue weighted by Gasteiger charge is -2.01. The number of pyridine rings is 1. The molecule has 16 heavy (non-hydrogen) atoms. The molecule has 0 amide bonds. The molecule has 0 spiro atoms. The van der Waals surface area contributed by atoms with E-state index in [1.165, 1.54) is 5.56 Å². The average molecular weight is 231 g/mol. The lowest BCUT2D eigenvalue weighted by Crippen LogP contribution is -1.87. The second-order valence-electron chi connectivity index (χ2n) is 3.44. The maximum Gasteiger partial charge on any atom is 0.0963 e. The predicted octanol–water partition coefficient (Wildman–Crippen LogP) is 2.87. The Morgan fingerprint density at radius 1 is 1.00 bits per heavy atom. The molecule has 2 nitrogen and oxygen atoms in total. The third-order valence-electron chi connectivity index (χ3n) is 2.21. The Morgan fingerprint density at radius 2 is 1.81 bits per heavy atom. The molecule has 0 unspecified atom stereocenters. The summed E-state index contributed by atoms with van der Waals surface area (Å²) in [6.07, 6.45) is 1.72. The molecule has 1 heterocycles. The lowest BCUT2D eigenvalue weighted by atomic mass is 10.2. The zero-order chi connectivity index (χ0) is 11.2. The molecule has 0 saturated carbocycles. The number of aliphatic hydroxyl groups excluding tert-OH is 1. The SMILES string of the molecule is OCc1ccc(SCc2ccccc2)nc1. The van der Waals surface area contributed by atoms with Crippen molar-refractivity contribution in [3.05, 3.63) is 59.8 Å². The maximum absolute atomic E-state index is 8.89. The fourth-order valence-corrected chi connectivity index (χ4v) is 2.12. The van der Waals surface area contributed by atoms with Crippen molar-refractivity contribution in [1.29, 1.82) is 0 Å². The minimum Gasteiger partial charge on any atom is -0.392 e. The van der Waals surface area contributed by atoms with Crippen LogP contribution in [-0.2, 0) is 12.4 Å². The normalized spacial score (nSPS) is 10.3. The number of aromatic nitrogens is 1. The molecule has 0 aliphatic carbocycles. The van der Waals surface area contributed by atoms with E-state index in [1.54, 1.807) is 18.0 Å². The summed E-state index contributed by atoms with van der Waals surface area (Å²) in [6, 6.07) is 14.2. The van der Waals surface area contributed by atoms with Crippen molar-refractivity contribution in [2.75, 3.05) is 0 Å². The van der Waals surface area contributed by atoms with E-state index in [1.807, 2.05) is 30.3 Å². The Hall–Kier alpha value is -1.32. The van der Waals surface area contributed by atoms with Crippen LogP contribution in [0, 0.1) is 0 Å². The predicted molar refractivity (Wildman–Crippen MR) is 66.2 cm³/mol. The molecule has 2 aromatic rings. The summed E-state index contributed by atoms with van der Waals surface area (Å²) in [6.45, 7) is 0.0522. The summed E-state index contributed by atoms with van der Waals surface area (Å²) in [7, 11) is 0. The molecule has 82 valence electrons. The number of aliphatic hydroxyl groups is 1. The van der Waals surface area contributed by atoms with Crippen LogP contribution in [0.5, 0.6) is 0 Å². The summed E-state index contributed by atoms with van der Waals surface area (Å²) < 4.78 is 0. The van der Waals surface area contributed by atoms with Gasteiger partial charge in [0.05, 0.1) is 11.6 Å². The van der Waals surface area contributed by atoms with E-state index in [4.69, 9.17) is 5.11 Å². The van der Waals surface area contributed by atoms with Gasteiger partial charge in [0, 0.05) is 11.9 Å². The smallest absolute Gasteiger partial charge is 0.0963 e. The summed E-state index contributed by atoms with van der Waals surface area (Å²) in [5.41, 5.74) is 2.14. The molecule has 1 aromatic carbocycles. The molecule has 0 aliphatic heterocycles. The van der Waals surface area contributed by atoms with Crippen LogP contribution in [0.2, 0.25) is 0 Å². The lowest BCUT2D eigenvalue weighted by molar-refractivity contribution is 0.281. The minimum absolute atomic E-state index is 0.0522. The van der Waals surface area contributed by atoms with Gasteiger partial charge in [-0.05, 0) is 17.2 Å². The first-order chi connectivity index (χ1) is 7.88. The van der Waals surface area contributed by atoms with E-state index in [2.05, 4.69) is 17.1 Å². The van der Waals surface area contributed by atoms with Gasteiger partial charge in [-0.15, -0.1) is 11.8 Å². The molecule has 0 saturated heterocycles. The first kappa shape index (κ1) is 11.2. The fraction of sp³-hybridized carbons (Fsp3) is 0.154. The monoisotopic (exact) mass is 231 g/mol. The summed E-state index contributed by atoms with van der Waals surface area (Å²) >= 11 is 1.70. The molecule has 1 aromatic heterocycles. The Bertz CT molecular complexity index is 427. The number of rotatable bonds is 4. The summed E-state index contributed by atoms with van der Waals surface area (Å²) in [5.74, 6) is 0.923. The Balaban J connectivity index is 1.94. The van der Waals surface area contributed by atoms with Crippen LogP contribution < -0.4 is 0 Å².